The average Bonchev–Trinajstić information content (AvgIpc) is 2.72. The lowest BCUT2D eigenvalue weighted by atomic mass is 9.84. The monoisotopic (exact) mass is 495 g/mol. The van der Waals surface area contributed by atoms with Gasteiger partial charge in [0, 0.05) is 19.2 Å². The topological polar surface area (TPSA) is 116 Å². The number of carboxylic acids is 1. The maximum absolute atomic E-state index is 13.6. The molecule has 0 spiro atoms. The van der Waals surface area contributed by atoms with Crippen LogP contribution in [0.5, 0.6) is 0 Å². The molecule has 0 bridgehead atoms. The molecular formula is C26H45N3O6. The molecule has 200 valence electrons. The van der Waals surface area contributed by atoms with E-state index >= 15 is 0 Å². The number of rotatable bonds is 7. The van der Waals surface area contributed by atoms with Crippen molar-refractivity contribution in [2.45, 2.75) is 105 Å². The number of carbonyl (C=O) groups is 4. The number of carboxylic acid groups (broad SMARTS) is 1. The minimum Gasteiger partial charge on any atom is -0.478 e. The van der Waals surface area contributed by atoms with Crippen molar-refractivity contribution in [3.63, 3.8) is 0 Å². The van der Waals surface area contributed by atoms with E-state index in [0.717, 1.165) is 12.8 Å². The van der Waals surface area contributed by atoms with Crippen LogP contribution in [0, 0.1) is 11.3 Å². The zero-order valence-electron chi connectivity index (χ0n) is 23.1. The molecule has 0 saturated carbocycles. The van der Waals surface area contributed by atoms with E-state index in [1.807, 2.05) is 34.6 Å². The summed E-state index contributed by atoms with van der Waals surface area (Å²) in [6, 6.07) is -2.06. The van der Waals surface area contributed by atoms with Crippen molar-refractivity contribution in [1.29, 1.82) is 0 Å². The Morgan fingerprint density at radius 3 is 2.11 bits per heavy atom. The smallest absolute Gasteiger partial charge is 0.410 e. The van der Waals surface area contributed by atoms with Gasteiger partial charge in [0.1, 0.15) is 17.7 Å². The third-order valence-electron chi connectivity index (χ3n) is 6.07. The molecule has 2 unspecified atom stereocenters. The van der Waals surface area contributed by atoms with Gasteiger partial charge in [-0.3, -0.25) is 14.5 Å². The molecule has 0 aromatic carbocycles. The fourth-order valence-electron chi connectivity index (χ4n) is 4.06. The fourth-order valence-corrected chi connectivity index (χ4v) is 4.06. The standard InChI is InChI=1S/C26H45N3O6/c1-16(2)19(15-17(3)23(32)33)28(10)22(31)20(25(4,5)6)27-21(30)18-13-11-12-14-29(18)24(34)35-26(7,8)9/h15-16,18-20H,11-14H2,1-10H3,(H,27,30)(H,32,33)/b17-15+/t18-,19?,20?/m1/s1. The van der Waals surface area contributed by atoms with Crippen LogP contribution in [0.2, 0.25) is 0 Å². The van der Waals surface area contributed by atoms with Gasteiger partial charge in [-0.15, -0.1) is 0 Å². The highest BCUT2D eigenvalue weighted by atomic mass is 16.6. The van der Waals surface area contributed by atoms with E-state index in [0.29, 0.717) is 13.0 Å². The Hall–Kier alpha value is -2.58. The van der Waals surface area contributed by atoms with Gasteiger partial charge in [-0.2, -0.15) is 0 Å². The Morgan fingerprint density at radius 1 is 1.09 bits per heavy atom. The van der Waals surface area contributed by atoms with Gasteiger partial charge in [-0.1, -0.05) is 40.7 Å². The third-order valence-corrected chi connectivity index (χ3v) is 6.07. The molecule has 1 aliphatic heterocycles. The van der Waals surface area contributed by atoms with E-state index in [2.05, 4.69) is 5.32 Å². The van der Waals surface area contributed by atoms with Gasteiger partial charge >= 0.3 is 12.1 Å². The van der Waals surface area contributed by atoms with Gasteiger partial charge in [-0.25, -0.2) is 9.59 Å². The van der Waals surface area contributed by atoms with Crippen LogP contribution in [0.4, 0.5) is 4.79 Å². The van der Waals surface area contributed by atoms with E-state index in [-0.39, 0.29) is 17.4 Å². The molecule has 3 atom stereocenters. The van der Waals surface area contributed by atoms with Crippen LogP contribution in [0.25, 0.3) is 0 Å². The van der Waals surface area contributed by atoms with Crippen molar-refractivity contribution in [1.82, 2.24) is 15.1 Å². The average molecular weight is 496 g/mol. The van der Waals surface area contributed by atoms with Crippen LogP contribution in [-0.2, 0) is 19.1 Å². The van der Waals surface area contributed by atoms with Gasteiger partial charge < -0.3 is 20.1 Å². The summed E-state index contributed by atoms with van der Waals surface area (Å²) >= 11 is 0. The molecule has 1 saturated heterocycles. The number of carbonyl (C=O) groups excluding carboxylic acids is 3. The van der Waals surface area contributed by atoms with Crippen molar-refractivity contribution < 1.29 is 29.0 Å². The molecule has 35 heavy (non-hydrogen) atoms. The lowest BCUT2D eigenvalue weighted by Crippen LogP contribution is -2.60. The summed E-state index contributed by atoms with van der Waals surface area (Å²) in [5, 5.41) is 12.2. The molecule has 2 N–H and O–H groups in total. The molecule has 1 fully saturated rings. The predicted octanol–water partition coefficient (Wildman–Crippen LogP) is 3.82. The highest BCUT2D eigenvalue weighted by Gasteiger charge is 2.41. The number of nitrogens with one attached hydrogen (secondary N) is 1. The Labute approximate surface area is 210 Å². The Kier molecular flexibility index (Phi) is 10.4. The molecular weight excluding hydrogens is 450 g/mol. The summed E-state index contributed by atoms with van der Waals surface area (Å²) in [4.78, 5) is 54.1. The predicted molar refractivity (Wildman–Crippen MR) is 135 cm³/mol. The van der Waals surface area contributed by atoms with E-state index < -0.39 is 47.1 Å². The van der Waals surface area contributed by atoms with E-state index in [4.69, 9.17) is 4.74 Å². The summed E-state index contributed by atoms with van der Waals surface area (Å²) in [6.45, 7) is 16.6. The van der Waals surface area contributed by atoms with Gasteiger partial charge in [0.25, 0.3) is 0 Å². The molecule has 1 aliphatic rings. The van der Waals surface area contributed by atoms with Gasteiger partial charge in [0.05, 0.1) is 6.04 Å². The van der Waals surface area contributed by atoms with Crippen LogP contribution in [-0.4, -0.2) is 76.1 Å². The summed E-state index contributed by atoms with van der Waals surface area (Å²) < 4.78 is 5.51. The van der Waals surface area contributed by atoms with Gasteiger partial charge in [0.2, 0.25) is 11.8 Å². The number of likely N-dealkylation sites (tertiary alicyclic amines) is 1. The largest absolute Gasteiger partial charge is 0.478 e. The van der Waals surface area contributed by atoms with E-state index in [1.165, 1.54) is 16.7 Å². The van der Waals surface area contributed by atoms with Crippen LogP contribution in [0.15, 0.2) is 11.6 Å². The lowest BCUT2D eigenvalue weighted by molar-refractivity contribution is -0.141. The van der Waals surface area contributed by atoms with Crippen LogP contribution in [0.3, 0.4) is 0 Å². The molecule has 1 heterocycles. The molecule has 1 rings (SSSR count). The van der Waals surface area contributed by atoms with Crippen LogP contribution >= 0.6 is 0 Å². The molecule has 0 radical (unpaired) electrons. The minimum absolute atomic E-state index is 0.0458. The van der Waals surface area contributed by atoms with Gasteiger partial charge in [-0.05, 0) is 58.3 Å². The summed E-state index contributed by atoms with van der Waals surface area (Å²) in [5.74, 6) is -1.80. The highest BCUT2D eigenvalue weighted by molar-refractivity contribution is 5.92. The van der Waals surface area contributed by atoms with Crippen molar-refractivity contribution in [2.24, 2.45) is 11.3 Å². The first kappa shape index (κ1) is 30.5. The second kappa shape index (κ2) is 11.9. The second-order valence-corrected chi connectivity index (χ2v) is 11.8. The zero-order valence-corrected chi connectivity index (χ0v) is 23.1. The summed E-state index contributed by atoms with van der Waals surface area (Å²) in [5.41, 5.74) is -1.16. The Bertz CT molecular complexity index is 822. The van der Waals surface area contributed by atoms with Crippen LogP contribution < -0.4 is 5.32 Å². The SMILES string of the molecule is C/C(=C\C(C(C)C)N(C)C(=O)C(NC(=O)[C@H]1CCCCN1C(=O)OC(C)(C)C)C(C)(C)C)C(=O)O. The van der Waals surface area contributed by atoms with E-state index in [1.54, 1.807) is 33.9 Å². The molecule has 9 heteroatoms. The molecule has 9 nitrogen and oxygen atoms in total. The quantitative estimate of drug-likeness (QED) is 0.519. The Morgan fingerprint density at radius 2 is 1.66 bits per heavy atom. The van der Waals surface area contributed by atoms with Crippen molar-refractivity contribution in [3.05, 3.63) is 11.6 Å². The molecule has 0 aliphatic carbocycles. The van der Waals surface area contributed by atoms with E-state index in [9.17, 15) is 24.3 Å². The highest BCUT2D eigenvalue weighted by Crippen LogP contribution is 2.26. The first-order chi connectivity index (χ1) is 15.9. The first-order valence-corrected chi connectivity index (χ1v) is 12.3. The van der Waals surface area contributed by atoms with Crippen molar-refractivity contribution in [3.8, 4) is 0 Å². The second-order valence-electron chi connectivity index (χ2n) is 11.8. The number of hydrogen-bond acceptors (Lipinski definition) is 5. The maximum atomic E-state index is 13.6. The number of nitrogens with zero attached hydrogens (tertiary/aromatic N) is 2. The van der Waals surface area contributed by atoms with Crippen molar-refractivity contribution in [2.75, 3.05) is 13.6 Å². The molecule has 3 amide bonds. The lowest BCUT2D eigenvalue weighted by Gasteiger charge is -2.40. The molecule has 0 aromatic heterocycles. The van der Waals surface area contributed by atoms with Gasteiger partial charge in [0.15, 0.2) is 0 Å². The zero-order chi connectivity index (χ0) is 27.3. The summed E-state index contributed by atoms with van der Waals surface area (Å²) in [7, 11) is 1.62. The fraction of sp³-hybridized carbons (Fsp3) is 0.769. The van der Waals surface area contributed by atoms with Crippen molar-refractivity contribution >= 4 is 23.9 Å². The Balaban J connectivity index is 3.20. The first-order valence-electron chi connectivity index (χ1n) is 12.3. The normalized spacial score (nSPS) is 19.1. The number of aliphatic carboxylic acids is 1. The number of amides is 3. The number of piperidine rings is 1. The third kappa shape index (κ3) is 8.85. The number of ether oxygens (including phenoxy) is 1. The maximum Gasteiger partial charge on any atom is 0.410 e. The summed E-state index contributed by atoms with van der Waals surface area (Å²) in [6.07, 6.45) is 3.08. The van der Waals surface area contributed by atoms with Crippen LogP contribution in [0.1, 0.15) is 81.6 Å². The minimum atomic E-state index is -1.04. The number of likely N-dealkylation sites (N-methyl/N-ethyl adjacent to an activating group) is 1. The molecule has 0 aromatic rings. The number of hydrogen-bond donors (Lipinski definition) is 2.